The van der Waals surface area contributed by atoms with Gasteiger partial charge < -0.3 is 20.1 Å². The van der Waals surface area contributed by atoms with E-state index < -0.39 is 18.3 Å². The summed E-state index contributed by atoms with van der Waals surface area (Å²) in [5, 5.41) is 28.4. The summed E-state index contributed by atoms with van der Waals surface area (Å²) < 4.78 is 5.15. The molecule has 1 saturated heterocycles. The second-order valence-electron chi connectivity index (χ2n) is 4.13. The minimum Gasteiger partial charge on any atom is -0.393 e. The van der Waals surface area contributed by atoms with Crippen LogP contribution in [0.2, 0.25) is 5.82 Å². The highest BCUT2D eigenvalue weighted by Crippen LogP contribution is 2.30. The van der Waals surface area contributed by atoms with Crippen molar-refractivity contribution >= 4 is 7.85 Å². The van der Waals surface area contributed by atoms with E-state index >= 15 is 0 Å². The molecule has 1 aliphatic heterocycles. The summed E-state index contributed by atoms with van der Waals surface area (Å²) in [6.07, 6.45) is -0.897. The van der Waals surface area contributed by atoms with Gasteiger partial charge in [-0.2, -0.15) is 0 Å². The molecule has 1 fully saturated rings. The zero-order chi connectivity index (χ0) is 10.1. The Morgan fingerprint density at radius 2 is 2.31 bits per heavy atom. The van der Waals surface area contributed by atoms with Gasteiger partial charge in [-0.25, -0.2) is 0 Å². The minimum absolute atomic E-state index is 0.00782. The van der Waals surface area contributed by atoms with E-state index in [9.17, 15) is 10.2 Å². The van der Waals surface area contributed by atoms with Crippen LogP contribution in [0.3, 0.4) is 0 Å². The van der Waals surface area contributed by atoms with Crippen LogP contribution in [0.5, 0.6) is 0 Å². The highest BCUT2D eigenvalue weighted by molar-refractivity contribution is 6.11. The van der Waals surface area contributed by atoms with Crippen LogP contribution in [-0.2, 0) is 4.74 Å². The van der Waals surface area contributed by atoms with Crippen molar-refractivity contribution in [1.29, 1.82) is 0 Å². The molecule has 3 N–H and O–H groups in total. The van der Waals surface area contributed by atoms with E-state index in [0.29, 0.717) is 6.61 Å². The topological polar surface area (TPSA) is 69.9 Å². The summed E-state index contributed by atoms with van der Waals surface area (Å²) in [4.78, 5) is 0. The monoisotopic (exact) mass is 188 g/mol. The Morgan fingerprint density at radius 3 is 2.77 bits per heavy atom. The lowest BCUT2D eigenvalue weighted by Gasteiger charge is -2.42. The Bertz CT molecular complexity index is 176. The molecule has 1 rings (SSSR count). The molecule has 0 aromatic rings. The Morgan fingerprint density at radius 1 is 1.69 bits per heavy atom. The van der Waals surface area contributed by atoms with Crippen LogP contribution < -0.4 is 0 Å². The summed E-state index contributed by atoms with van der Waals surface area (Å²) in [5.74, 6) is 0.124. The molecule has 2 unspecified atom stereocenters. The lowest BCUT2D eigenvalue weighted by atomic mass is 9.71. The smallest absolute Gasteiger partial charge is 0.137 e. The summed E-state index contributed by atoms with van der Waals surface area (Å²) >= 11 is 0. The van der Waals surface area contributed by atoms with Crippen LogP contribution in [0.1, 0.15) is 6.92 Å². The van der Waals surface area contributed by atoms with Gasteiger partial charge in [0.15, 0.2) is 0 Å². The Balaban J connectivity index is 2.71. The third-order valence-electron chi connectivity index (χ3n) is 2.75. The van der Waals surface area contributed by atoms with Gasteiger partial charge in [-0.1, -0.05) is 12.7 Å². The fourth-order valence-electron chi connectivity index (χ4n) is 1.64. The average Bonchev–Trinajstić information content (AvgIpc) is 2.09. The first-order valence-electron chi connectivity index (χ1n) is 4.60. The van der Waals surface area contributed by atoms with E-state index in [2.05, 4.69) is 0 Å². The van der Waals surface area contributed by atoms with Crippen molar-refractivity contribution in [3.05, 3.63) is 0 Å². The van der Waals surface area contributed by atoms with E-state index in [1.54, 1.807) is 0 Å². The highest BCUT2D eigenvalue weighted by Gasteiger charge is 2.44. The molecular weight excluding hydrogens is 171 g/mol. The molecule has 4 atom stereocenters. The number of aliphatic hydroxyl groups excluding tert-OH is 2. The Kier molecular flexibility index (Phi) is 3.35. The molecule has 0 bridgehead atoms. The van der Waals surface area contributed by atoms with Crippen molar-refractivity contribution in [1.82, 2.24) is 0 Å². The van der Waals surface area contributed by atoms with Gasteiger partial charge in [-0.3, -0.25) is 0 Å². The van der Waals surface area contributed by atoms with Crippen molar-refractivity contribution in [3.63, 3.8) is 0 Å². The number of rotatable bonds is 2. The zero-order valence-electron chi connectivity index (χ0n) is 8.10. The van der Waals surface area contributed by atoms with Crippen molar-refractivity contribution < 1.29 is 20.1 Å². The molecule has 0 aromatic heterocycles. The molecule has 76 valence electrons. The zero-order valence-corrected chi connectivity index (χ0v) is 8.10. The van der Waals surface area contributed by atoms with Crippen molar-refractivity contribution in [3.8, 4) is 0 Å². The largest absolute Gasteiger partial charge is 0.393 e. The van der Waals surface area contributed by atoms with E-state index in [1.807, 2.05) is 14.8 Å². The molecule has 0 amide bonds. The van der Waals surface area contributed by atoms with Crippen LogP contribution in [0.25, 0.3) is 0 Å². The Labute approximate surface area is 78.9 Å². The molecule has 1 heterocycles. The predicted octanol–water partition coefficient (Wildman–Crippen LogP) is -1.84. The maximum atomic E-state index is 9.77. The quantitative estimate of drug-likeness (QED) is 0.445. The first-order valence-corrected chi connectivity index (χ1v) is 4.60. The minimum atomic E-state index is -1.48. The number of aliphatic hydroxyl groups is 3. The van der Waals surface area contributed by atoms with Gasteiger partial charge in [0, 0.05) is 5.92 Å². The molecule has 0 radical (unpaired) electrons. The van der Waals surface area contributed by atoms with Crippen LogP contribution in [0.4, 0.5) is 0 Å². The van der Waals surface area contributed by atoms with Gasteiger partial charge in [-0.05, 0) is 0 Å². The third-order valence-corrected chi connectivity index (χ3v) is 2.75. The standard InChI is InChI=1S/C8H17BO4/c1-5(9)6-2-13-4-8(12,3-10)7(6)11/h5-7,10-12H,2-4,9H2,1H3/t5-,6?,7?,8+/m1/s1. The average molecular weight is 188 g/mol. The van der Waals surface area contributed by atoms with E-state index in [-0.39, 0.29) is 18.3 Å². The molecular formula is C8H17BO4. The second kappa shape index (κ2) is 3.96. The van der Waals surface area contributed by atoms with E-state index in [0.717, 1.165) is 0 Å². The summed E-state index contributed by atoms with van der Waals surface area (Å²) in [6.45, 7) is 1.95. The van der Waals surface area contributed by atoms with Gasteiger partial charge in [0.2, 0.25) is 0 Å². The summed E-state index contributed by atoms with van der Waals surface area (Å²) in [7, 11) is 1.96. The van der Waals surface area contributed by atoms with E-state index in [1.165, 1.54) is 0 Å². The molecule has 0 aliphatic carbocycles. The lowest BCUT2D eigenvalue weighted by Crippen LogP contribution is -2.58. The van der Waals surface area contributed by atoms with Crippen molar-refractivity contribution in [2.24, 2.45) is 5.92 Å². The third kappa shape index (κ3) is 2.04. The second-order valence-corrected chi connectivity index (χ2v) is 4.13. The van der Waals surface area contributed by atoms with Gasteiger partial charge in [0.25, 0.3) is 0 Å². The number of ether oxygens (including phenoxy) is 1. The Hall–Kier alpha value is -0.0951. The molecule has 4 nitrogen and oxygen atoms in total. The number of hydrogen-bond acceptors (Lipinski definition) is 4. The van der Waals surface area contributed by atoms with E-state index in [4.69, 9.17) is 9.84 Å². The molecule has 0 spiro atoms. The van der Waals surface area contributed by atoms with Gasteiger partial charge in [0.05, 0.1) is 25.9 Å². The molecule has 0 aromatic carbocycles. The fourth-order valence-corrected chi connectivity index (χ4v) is 1.64. The molecule has 5 heteroatoms. The van der Waals surface area contributed by atoms with Crippen molar-refractivity contribution in [2.75, 3.05) is 19.8 Å². The first-order chi connectivity index (χ1) is 6.01. The van der Waals surface area contributed by atoms with Crippen LogP contribution in [-0.4, -0.2) is 54.7 Å². The fraction of sp³-hybridized carbons (Fsp3) is 1.00. The summed E-state index contributed by atoms with van der Waals surface area (Å²) in [5.41, 5.74) is -1.48. The maximum absolute atomic E-state index is 9.77. The maximum Gasteiger partial charge on any atom is 0.137 e. The molecule has 1 aliphatic rings. The normalized spacial score (nSPS) is 43.1. The van der Waals surface area contributed by atoms with Crippen LogP contribution in [0.15, 0.2) is 0 Å². The highest BCUT2D eigenvalue weighted by atomic mass is 16.5. The van der Waals surface area contributed by atoms with Gasteiger partial charge >= 0.3 is 0 Å². The van der Waals surface area contributed by atoms with Crippen LogP contribution in [0, 0.1) is 5.92 Å². The van der Waals surface area contributed by atoms with Gasteiger partial charge in [0.1, 0.15) is 13.4 Å². The van der Waals surface area contributed by atoms with Gasteiger partial charge in [-0.15, -0.1) is 0 Å². The lowest BCUT2D eigenvalue weighted by molar-refractivity contribution is -0.201. The molecule has 0 saturated carbocycles. The first kappa shape index (κ1) is 11.0. The SMILES string of the molecule is B[C@H](C)C1COC[C@@](O)(CO)C1O. The number of hydrogen-bond donors (Lipinski definition) is 3. The summed E-state index contributed by atoms with van der Waals surface area (Å²) in [6, 6.07) is 0. The predicted molar refractivity (Wildman–Crippen MR) is 50.3 cm³/mol. The van der Waals surface area contributed by atoms with Crippen LogP contribution >= 0.6 is 0 Å². The molecule has 13 heavy (non-hydrogen) atoms. The van der Waals surface area contributed by atoms with Crippen molar-refractivity contribution in [2.45, 2.75) is 24.4 Å².